The summed E-state index contributed by atoms with van der Waals surface area (Å²) in [5.41, 5.74) is 7.25. The van der Waals surface area contributed by atoms with E-state index in [0.29, 0.717) is 99.5 Å². The maximum atomic E-state index is 13.2. The van der Waals surface area contributed by atoms with Crippen LogP contribution in [0.3, 0.4) is 0 Å². The van der Waals surface area contributed by atoms with Crippen molar-refractivity contribution in [2.24, 2.45) is 7.05 Å². The summed E-state index contributed by atoms with van der Waals surface area (Å²) in [5.74, 6) is 0.460. The van der Waals surface area contributed by atoms with Gasteiger partial charge in [-0.1, -0.05) is 62.5 Å². The van der Waals surface area contributed by atoms with Crippen LogP contribution < -0.4 is 10.6 Å². The van der Waals surface area contributed by atoms with Gasteiger partial charge in [0.1, 0.15) is 53.1 Å². The van der Waals surface area contributed by atoms with Crippen LogP contribution in [0.1, 0.15) is 54.2 Å². The number of aryl methyl sites for hydroxylation is 1. The van der Waals surface area contributed by atoms with E-state index in [-0.39, 0.29) is 23.9 Å². The highest BCUT2D eigenvalue weighted by molar-refractivity contribution is 6.76. The van der Waals surface area contributed by atoms with E-state index < -0.39 is 16.1 Å². The highest BCUT2D eigenvalue weighted by atomic mass is 35.5. The number of nitrogens with zero attached hydrogens (tertiary/aromatic N) is 11. The number of hydrogen-bond acceptors (Lipinski definition) is 11. The third-order valence-corrected chi connectivity index (χ3v) is 15.7. The average molecular weight is 1060 g/mol. The Morgan fingerprint density at radius 2 is 1.23 bits per heavy atom. The van der Waals surface area contributed by atoms with Crippen molar-refractivity contribution in [1.82, 2.24) is 69.2 Å². The molecule has 0 radical (unpaired) electrons. The molecule has 18 nitrogen and oxygen atoms in total. The topological polar surface area (TPSA) is 202 Å². The SMILES string of the molecule is CC(C)NC(=O)c1cn(COCC[Si](C)(C)C)c2ncc(-c3n[nH]c4cc(Cl)ccc34)nc12.CC(C)NC(=O)c1cn(COCC[Si](C)(C)C)c2ncc(-c3nn(Cc4nccn4C)c4cc(Cl)ccc34)nc12. The van der Waals surface area contributed by atoms with Gasteiger partial charge in [-0.3, -0.25) is 19.4 Å². The predicted molar refractivity (Wildman–Crippen MR) is 295 cm³/mol. The molecule has 7 aromatic heterocycles. The number of rotatable bonds is 18. The number of H-pyrrole nitrogens is 1. The molecule has 73 heavy (non-hydrogen) atoms. The molecule has 0 bridgehead atoms. The van der Waals surface area contributed by atoms with Crippen LogP contribution in [0.25, 0.3) is 66.9 Å². The van der Waals surface area contributed by atoms with E-state index in [1.54, 1.807) is 31.0 Å². The van der Waals surface area contributed by atoms with Gasteiger partial charge in [-0.2, -0.15) is 10.2 Å². The Morgan fingerprint density at radius 1 is 0.712 bits per heavy atom. The largest absolute Gasteiger partial charge is 0.361 e. The Hall–Kier alpha value is -6.30. The molecule has 0 saturated heterocycles. The fourth-order valence-corrected chi connectivity index (χ4v) is 9.80. The van der Waals surface area contributed by atoms with Gasteiger partial charge in [0.25, 0.3) is 11.8 Å². The second-order valence-corrected chi connectivity index (χ2v) is 33.3. The number of carbonyl (C=O) groups excluding carboxylic acids is 2. The number of carbonyl (C=O) groups is 2. The number of benzene rings is 2. The van der Waals surface area contributed by atoms with Gasteiger partial charge in [0.2, 0.25) is 0 Å². The van der Waals surface area contributed by atoms with E-state index >= 15 is 0 Å². The minimum Gasteiger partial charge on any atom is -0.361 e. The smallest absolute Gasteiger partial charge is 0.255 e. The molecule has 22 heteroatoms. The molecule has 384 valence electrons. The van der Waals surface area contributed by atoms with Crippen molar-refractivity contribution < 1.29 is 19.1 Å². The van der Waals surface area contributed by atoms with Crippen LogP contribution in [0.15, 0.2) is 73.6 Å². The van der Waals surface area contributed by atoms with Crippen molar-refractivity contribution in [3.8, 4) is 22.8 Å². The van der Waals surface area contributed by atoms with Crippen molar-refractivity contribution in [3.63, 3.8) is 0 Å². The summed E-state index contributed by atoms with van der Waals surface area (Å²) >= 11 is 12.5. The van der Waals surface area contributed by atoms with Crippen LogP contribution in [0.4, 0.5) is 0 Å². The first-order valence-corrected chi connectivity index (χ1v) is 32.5. The fraction of sp³-hybridized carbons (Fsp3) is 0.392. The van der Waals surface area contributed by atoms with Crippen LogP contribution in [-0.4, -0.2) is 112 Å². The molecule has 9 aromatic rings. The van der Waals surface area contributed by atoms with Crippen LogP contribution in [-0.2, 0) is 36.5 Å². The van der Waals surface area contributed by atoms with Gasteiger partial charge in [-0.15, -0.1) is 0 Å². The number of aromatic nitrogens is 12. The van der Waals surface area contributed by atoms with Gasteiger partial charge in [0, 0.05) is 94.1 Å². The summed E-state index contributed by atoms with van der Waals surface area (Å²) in [6, 6.07) is 13.3. The highest BCUT2D eigenvalue weighted by Gasteiger charge is 2.24. The minimum atomic E-state index is -1.22. The molecule has 2 aromatic carbocycles. The van der Waals surface area contributed by atoms with Gasteiger partial charge >= 0.3 is 0 Å². The molecule has 0 saturated carbocycles. The van der Waals surface area contributed by atoms with Gasteiger partial charge in [-0.25, -0.2) is 24.9 Å². The van der Waals surface area contributed by atoms with Gasteiger partial charge < -0.3 is 33.8 Å². The Bertz CT molecular complexity index is 3440. The fourth-order valence-electron chi connectivity index (χ4n) is 7.95. The van der Waals surface area contributed by atoms with Gasteiger partial charge in [0.05, 0.1) is 41.1 Å². The Kier molecular flexibility index (Phi) is 16.0. The zero-order valence-electron chi connectivity index (χ0n) is 43.3. The lowest BCUT2D eigenvalue weighted by atomic mass is 10.1. The quantitative estimate of drug-likeness (QED) is 0.0545. The maximum Gasteiger partial charge on any atom is 0.255 e. The summed E-state index contributed by atoms with van der Waals surface area (Å²) < 4.78 is 19.4. The first-order valence-electron chi connectivity index (χ1n) is 24.4. The van der Waals surface area contributed by atoms with Crippen LogP contribution in [0.5, 0.6) is 0 Å². The molecule has 0 atom stereocenters. The molecule has 0 fully saturated rings. The summed E-state index contributed by atoms with van der Waals surface area (Å²) in [6.45, 7) is 24.0. The lowest BCUT2D eigenvalue weighted by Crippen LogP contribution is -2.30. The number of aromatic amines is 1. The second kappa shape index (κ2) is 22.0. The molecule has 2 amide bonds. The monoisotopic (exact) mass is 1060 g/mol. The summed E-state index contributed by atoms with van der Waals surface area (Å²) in [4.78, 5) is 49.7. The van der Waals surface area contributed by atoms with E-state index in [4.69, 9.17) is 52.7 Å². The van der Waals surface area contributed by atoms with Crippen molar-refractivity contribution in [2.45, 2.75) is 111 Å². The Labute approximate surface area is 436 Å². The van der Waals surface area contributed by atoms with Gasteiger partial charge in [-0.05, 0) is 76.2 Å². The van der Waals surface area contributed by atoms with Gasteiger partial charge in [0.15, 0.2) is 11.3 Å². The van der Waals surface area contributed by atoms with Crippen molar-refractivity contribution in [2.75, 3.05) is 13.2 Å². The summed E-state index contributed by atoms with van der Waals surface area (Å²) in [6.07, 6.45) is 10.6. The summed E-state index contributed by atoms with van der Waals surface area (Å²) in [5, 5.41) is 21.2. The average Bonchev–Trinajstić information content (AvgIpc) is 4.15. The van der Waals surface area contributed by atoms with E-state index in [0.717, 1.165) is 39.7 Å². The first kappa shape index (κ1) is 53.0. The molecule has 0 aliphatic heterocycles. The van der Waals surface area contributed by atoms with E-state index in [1.165, 1.54) is 0 Å². The van der Waals surface area contributed by atoms with E-state index in [1.807, 2.05) is 95.7 Å². The lowest BCUT2D eigenvalue weighted by molar-refractivity contribution is 0.0886. The van der Waals surface area contributed by atoms with Crippen molar-refractivity contribution in [1.29, 1.82) is 0 Å². The number of amides is 2. The predicted octanol–water partition coefficient (Wildman–Crippen LogP) is 10.4. The molecule has 7 heterocycles. The van der Waals surface area contributed by atoms with Crippen molar-refractivity contribution in [3.05, 3.63) is 101 Å². The van der Waals surface area contributed by atoms with Crippen LogP contribution in [0.2, 0.25) is 61.4 Å². The minimum absolute atomic E-state index is 0.0000636. The number of nitrogens with one attached hydrogen (secondary N) is 3. The second-order valence-electron chi connectivity index (χ2n) is 21.2. The zero-order chi connectivity index (χ0) is 52.4. The third-order valence-electron chi connectivity index (χ3n) is 11.8. The number of imidazole rings is 1. The van der Waals surface area contributed by atoms with Crippen molar-refractivity contribution >= 4 is 95.3 Å². The van der Waals surface area contributed by atoms with E-state index in [9.17, 15) is 9.59 Å². The van der Waals surface area contributed by atoms with Crippen LogP contribution >= 0.6 is 23.2 Å². The first-order chi connectivity index (χ1) is 34.6. The van der Waals surface area contributed by atoms with E-state index in [2.05, 4.69) is 70.1 Å². The molecule has 0 unspecified atom stereocenters. The molecule has 9 rings (SSSR count). The standard InChI is InChI=1S/C28H35ClN8O2Si.C23H29ClN6O2Si/c1-18(2)32-28(38)21-15-36(17-39-11-12-40(4,5)6)27-26(21)33-22(14-31-27)25-20-8-7-19(29)13-23(20)37(34-25)16-24-30-9-10-35(24)3;1-14(2)26-23(31)17-12-30(13-32-8-9-33(3,4)5)22-21(17)27-19(11-25-22)20-16-7-6-15(24)10-18(16)28-29-20/h7-10,13-15,18H,11-12,16-17H2,1-6H3,(H,32,38);6-7,10-12,14H,8-9,13H2,1-5H3,(H,26,31)(H,28,29). The molecule has 0 aliphatic rings. The third kappa shape index (κ3) is 12.7. The molecule has 3 N–H and O–H groups in total. The Morgan fingerprint density at radius 3 is 1.74 bits per heavy atom. The number of fused-ring (bicyclic) bond motifs is 4. The molecular formula is C51H64Cl2N14O4Si2. The maximum absolute atomic E-state index is 13.2. The summed E-state index contributed by atoms with van der Waals surface area (Å²) in [7, 11) is -0.462. The number of halogens is 2. The molecular weight excluding hydrogens is 1000 g/mol. The lowest BCUT2D eigenvalue weighted by Gasteiger charge is -2.15. The highest BCUT2D eigenvalue weighted by Crippen LogP contribution is 2.32. The molecule has 0 spiro atoms. The number of hydrogen-bond donors (Lipinski definition) is 3. The normalized spacial score (nSPS) is 12.2. The Balaban J connectivity index is 0.000000199. The zero-order valence-corrected chi connectivity index (χ0v) is 46.9. The number of ether oxygens (including phenoxy) is 2. The van der Waals surface area contributed by atoms with Crippen LogP contribution in [0, 0.1) is 0 Å². The molecule has 0 aliphatic carbocycles.